The average Bonchev–Trinajstić information content (AvgIpc) is 3.03. The van der Waals surface area contributed by atoms with Gasteiger partial charge in [-0.15, -0.1) is 0 Å². The number of carbonyl (C=O) groups is 2. The first-order valence-corrected chi connectivity index (χ1v) is 16.4. The zero-order valence-electron chi connectivity index (χ0n) is 25.8. The third kappa shape index (κ3) is 8.35. The van der Waals surface area contributed by atoms with Crippen LogP contribution in [0.5, 0.6) is 0 Å². The van der Waals surface area contributed by atoms with Crippen LogP contribution in [0, 0.1) is 13.8 Å². The number of amides is 2. The number of rotatable bonds is 13. The van der Waals surface area contributed by atoms with Crippen molar-refractivity contribution in [2.45, 2.75) is 64.1 Å². The number of nitrogens with zero attached hydrogens (tertiary/aromatic N) is 2. The molecule has 2 atom stereocenters. The maximum Gasteiger partial charge on any atom is 0.264 e. The van der Waals surface area contributed by atoms with Crippen LogP contribution in [-0.2, 0) is 32.6 Å². The van der Waals surface area contributed by atoms with E-state index >= 15 is 0 Å². The first-order valence-electron chi connectivity index (χ1n) is 14.9. The Bertz CT molecular complexity index is 1620. The summed E-state index contributed by atoms with van der Waals surface area (Å²) in [4.78, 5) is 29.9. The van der Waals surface area contributed by atoms with Gasteiger partial charge in [0.05, 0.1) is 10.6 Å². The van der Waals surface area contributed by atoms with Crippen molar-refractivity contribution in [3.63, 3.8) is 0 Å². The molecule has 0 saturated heterocycles. The van der Waals surface area contributed by atoms with Crippen LogP contribution in [0.4, 0.5) is 5.69 Å². The number of para-hydroxylation sites is 1. The maximum absolute atomic E-state index is 14.5. The first kappa shape index (κ1) is 32.5. The van der Waals surface area contributed by atoms with Crippen LogP contribution in [0.25, 0.3) is 0 Å². The Kier molecular flexibility index (Phi) is 11.0. The fourth-order valence-corrected chi connectivity index (χ4v) is 6.26. The molecule has 230 valence electrons. The standard InChI is InChI=1S/C36H41N3O4S/c1-5-29(4)37-36(41)34(24-30-12-8-6-9-13-30)38(25-31-20-16-27(2)17-21-31)35(40)26-39(32-14-10-7-11-15-32)44(42,43)33-22-18-28(3)19-23-33/h6-23,29,34H,5,24-26H2,1-4H3,(H,37,41)/t29-,34+/m1/s1. The van der Waals surface area contributed by atoms with Crippen LogP contribution in [0.2, 0.25) is 0 Å². The lowest BCUT2D eigenvalue weighted by molar-refractivity contribution is -0.140. The molecule has 4 aromatic rings. The molecule has 0 aliphatic carbocycles. The Hall–Kier alpha value is -4.43. The van der Waals surface area contributed by atoms with Gasteiger partial charge in [-0.1, -0.05) is 103 Å². The van der Waals surface area contributed by atoms with Crippen molar-refractivity contribution in [3.05, 3.63) is 131 Å². The highest BCUT2D eigenvalue weighted by molar-refractivity contribution is 7.92. The summed E-state index contributed by atoms with van der Waals surface area (Å²) in [7, 11) is -4.12. The van der Waals surface area contributed by atoms with Gasteiger partial charge < -0.3 is 10.2 Å². The fraction of sp³-hybridized carbons (Fsp3) is 0.278. The van der Waals surface area contributed by atoms with E-state index in [-0.39, 0.29) is 29.8 Å². The van der Waals surface area contributed by atoms with Gasteiger partial charge in [0.15, 0.2) is 0 Å². The molecular weight excluding hydrogens is 570 g/mol. The number of carbonyl (C=O) groups excluding carboxylic acids is 2. The zero-order chi connectivity index (χ0) is 31.7. The highest BCUT2D eigenvalue weighted by Gasteiger charge is 2.34. The molecule has 0 aromatic heterocycles. The van der Waals surface area contributed by atoms with Gasteiger partial charge in [-0.3, -0.25) is 13.9 Å². The zero-order valence-corrected chi connectivity index (χ0v) is 26.6. The first-order chi connectivity index (χ1) is 21.1. The lowest BCUT2D eigenvalue weighted by Crippen LogP contribution is -2.54. The molecule has 0 saturated carbocycles. The highest BCUT2D eigenvalue weighted by Crippen LogP contribution is 2.25. The number of aryl methyl sites for hydroxylation is 2. The molecular formula is C36H41N3O4S. The minimum absolute atomic E-state index is 0.0835. The van der Waals surface area contributed by atoms with Gasteiger partial charge in [-0.2, -0.15) is 0 Å². The summed E-state index contributed by atoms with van der Waals surface area (Å²) in [5.74, 6) is -0.762. The average molecular weight is 612 g/mol. The summed E-state index contributed by atoms with van der Waals surface area (Å²) >= 11 is 0. The molecule has 4 aromatic carbocycles. The smallest absolute Gasteiger partial charge is 0.264 e. The van der Waals surface area contributed by atoms with E-state index in [9.17, 15) is 18.0 Å². The number of hydrogen-bond acceptors (Lipinski definition) is 4. The summed E-state index contributed by atoms with van der Waals surface area (Å²) in [5.41, 5.74) is 4.09. The van der Waals surface area contributed by atoms with Crippen LogP contribution >= 0.6 is 0 Å². The second-order valence-electron chi connectivity index (χ2n) is 11.2. The molecule has 1 N–H and O–H groups in total. The highest BCUT2D eigenvalue weighted by atomic mass is 32.2. The third-order valence-corrected chi connectivity index (χ3v) is 9.47. The number of sulfonamides is 1. The number of nitrogens with one attached hydrogen (secondary N) is 1. The van der Waals surface area contributed by atoms with E-state index in [1.807, 2.05) is 82.3 Å². The molecule has 0 fully saturated rings. The SMILES string of the molecule is CC[C@@H](C)NC(=O)[C@H](Cc1ccccc1)N(Cc1ccc(C)cc1)C(=O)CN(c1ccccc1)S(=O)(=O)c1ccc(C)cc1. The number of hydrogen-bond donors (Lipinski definition) is 1. The molecule has 4 rings (SSSR count). The third-order valence-electron chi connectivity index (χ3n) is 7.68. The predicted octanol–water partition coefficient (Wildman–Crippen LogP) is 6.05. The summed E-state index contributed by atoms with van der Waals surface area (Å²) in [6.07, 6.45) is 1.00. The quantitative estimate of drug-likeness (QED) is 0.199. The van der Waals surface area contributed by atoms with Gasteiger partial charge in [-0.05, 0) is 62.6 Å². The molecule has 8 heteroatoms. The minimum atomic E-state index is -4.12. The van der Waals surface area contributed by atoms with Crippen LogP contribution in [-0.4, -0.2) is 43.8 Å². The number of benzene rings is 4. The minimum Gasteiger partial charge on any atom is -0.352 e. The topological polar surface area (TPSA) is 86.8 Å². The van der Waals surface area contributed by atoms with Gasteiger partial charge in [0, 0.05) is 19.0 Å². The van der Waals surface area contributed by atoms with E-state index in [2.05, 4.69) is 5.32 Å². The molecule has 0 radical (unpaired) electrons. The lowest BCUT2D eigenvalue weighted by Gasteiger charge is -2.34. The van der Waals surface area contributed by atoms with Crippen molar-refractivity contribution in [1.82, 2.24) is 10.2 Å². The van der Waals surface area contributed by atoms with Crippen molar-refractivity contribution in [1.29, 1.82) is 0 Å². The Morgan fingerprint density at radius 2 is 1.30 bits per heavy atom. The maximum atomic E-state index is 14.5. The molecule has 0 bridgehead atoms. The van der Waals surface area contributed by atoms with Crippen molar-refractivity contribution in [2.75, 3.05) is 10.8 Å². The van der Waals surface area contributed by atoms with Crippen LogP contribution in [0.1, 0.15) is 42.5 Å². The predicted molar refractivity (Wildman–Crippen MR) is 176 cm³/mol. The van der Waals surface area contributed by atoms with Crippen LogP contribution in [0.3, 0.4) is 0 Å². The second-order valence-corrected chi connectivity index (χ2v) is 13.1. The summed E-state index contributed by atoms with van der Waals surface area (Å²) < 4.78 is 29.2. The molecule has 2 amide bonds. The van der Waals surface area contributed by atoms with E-state index in [1.165, 1.54) is 4.90 Å². The summed E-state index contributed by atoms with van der Waals surface area (Å²) in [6, 6.07) is 31.5. The number of anilines is 1. The van der Waals surface area contributed by atoms with E-state index in [0.29, 0.717) is 5.69 Å². The van der Waals surface area contributed by atoms with E-state index in [0.717, 1.165) is 33.0 Å². The van der Waals surface area contributed by atoms with Gasteiger partial charge in [0.25, 0.3) is 10.0 Å². The van der Waals surface area contributed by atoms with E-state index in [1.54, 1.807) is 54.6 Å². The fourth-order valence-electron chi connectivity index (χ4n) is 4.85. The second kappa shape index (κ2) is 14.8. The Morgan fingerprint density at radius 3 is 1.86 bits per heavy atom. The lowest BCUT2D eigenvalue weighted by atomic mass is 10.0. The van der Waals surface area contributed by atoms with E-state index in [4.69, 9.17) is 0 Å². The molecule has 7 nitrogen and oxygen atoms in total. The monoisotopic (exact) mass is 611 g/mol. The van der Waals surface area contributed by atoms with Gasteiger partial charge >= 0.3 is 0 Å². The van der Waals surface area contributed by atoms with Crippen molar-refractivity contribution >= 4 is 27.5 Å². The normalized spacial score (nSPS) is 12.6. The summed E-state index contributed by atoms with van der Waals surface area (Å²) in [5, 5.41) is 3.06. The van der Waals surface area contributed by atoms with Gasteiger partial charge in [0.2, 0.25) is 11.8 Å². The van der Waals surface area contributed by atoms with Crippen molar-refractivity contribution in [3.8, 4) is 0 Å². The van der Waals surface area contributed by atoms with Crippen molar-refractivity contribution < 1.29 is 18.0 Å². The molecule has 0 heterocycles. The molecule has 0 aliphatic rings. The molecule has 0 spiro atoms. The Morgan fingerprint density at radius 1 is 0.750 bits per heavy atom. The van der Waals surface area contributed by atoms with E-state index < -0.39 is 28.5 Å². The van der Waals surface area contributed by atoms with Crippen molar-refractivity contribution in [2.24, 2.45) is 0 Å². The van der Waals surface area contributed by atoms with Crippen LogP contribution < -0.4 is 9.62 Å². The van der Waals surface area contributed by atoms with Gasteiger partial charge in [0.1, 0.15) is 12.6 Å². The largest absolute Gasteiger partial charge is 0.352 e. The molecule has 44 heavy (non-hydrogen) atoms. The van der Waals surface area contributed by atoms with Crippen LogP contribution in [0.15, 0.2) is 114 Å². The summed E-state index contributed by atoms with van der Waals surface area (Å²) in [6.45, 7) is 7.44. The molecule has 0 unspecified atom stereocenters. The molecule has 0 aliphatic heterocycles. The Balaban J connectivity index is 1.78. The Labute approximate surface area is 261 Å². The van der Waals surface area contributed by atoms with Gasteiger partial charge in [-0.25, -0.2) is 8.42 Å².